The summed E-state index contributed by atoms with van der Waals surface area (Å²) < 4.78 is 0. The van der Waals surface area contributed by atoms with Crippen molar-refractivity contribution in [3.05, 3.63) is 18.1 Å². The van der Waals surface area contributed by atoms with Gasteiger partial charge in [0.2, 0.25) is 0 Å². The summed E-state index contributed by atoms with van der Waals surface area (Å²) in [6, 6.07) is 1.82. The van der Waals surface area contributed by atoms with Crippen molar-refractivity contribution >= 4 is 11.8 Å². The number of aromatic nitrogens is 2. The molecule has 0 bridgehead atoms. The van der Waals surface area contributed by atoms with Crippen LogP contribution in [-0.2, 0) is 4.79 Å². The van der Waals surface area contributed by atoms with E-state index in [1.807, 2.05) is 17.9 Å². The van der Waals surface area contributed by atoms with Crippen LogP contribution < -0.4 is 4.90 Å². The molecule has 1 atom stereocenters. The van der Waals surface area contributed by atoms with E-state index in [9.17, 15) is 4.79 Å². The highest BCUT2D eigenvalue weighted by atomic mass is 16.4. The summed E-state index contributed by atoms with van der Waals surface area (Å²) in [7, 11) is 0. The van der Waals surface area contributed by atoms with E-state index in [-0.39, 0.29) is 0 Å². The lowest BCUT2D eigenvalue weighted by atomic mass is 9.90. The quantitative estimate of drug-likeness (QED) is 0.809. The van der Waals surface area contributed by atoms with Crippen LogP contribution in [0.5, 0.6) is 0 Å². The number of rotatable bonds is 2. The zero-order chi connectivity index (χ0) is 11.8. The Bertz CT molecular complexity index is 421. The van der Waals surface area contributed by atoms with Crippen molar-refractivity contribution in [2.45, 2.75) is 20.3 Å². The first-order valence-corrected chi connectivity index (χ1v) is 5.29. The third-order valence-corrected chi connectivity index (χ3v) is 3.07. The van der Waals surface area contributed by atoms with E-state index in [0.29, 0.717) is 18.8 Å². The maximum atomic E-state index is 11.1. The van der Waals surface area contributed by atoms with E-state index in [2.05, 4.69) is 9.97 Å². The van der Waals surface area contributed by atoms with E-state index in [1.54, 1.807) is 13.1 Å². The van der Waals surface area contributed by atoms with Gasteiger partial charge in [-0.1, -0.05) is 0 Å². The zero-order valence-electron chi connectivity index (χ0n) is 9.47. The van der Waals surface area contributed by atoms with Crippen molar-refractivity contribution in [2.75, 3.05) is 18.0 Å². The molecule has 0 amide bonds. The lowest BCUT2D eigenvalue weighted by molar-refractivity contribution is -0.146. The summed E-state index contributed by atoms with van der Waals surface area (Å²) in [6.07, 6.45) is 2.36. The Morgan fingerprint density at radius 2 is 2.38 bits per heavy atom. The molecule has 1 unspecified atom stereocenters. The van der Waals surface area contributed by atoms with E-state index in [4.69, 9.17) is 5.11 Å². The molecule has 1 aromatic heterocycles. The van der Waals surface area contributed by atoms with Crippen molar-refractivity contribution in [1.29, 1.82) is 0 Å². The molecule has 1 fully saturated rings. The van der Waals surface area contributed by atoms with E-state index < -0.39 is 11.4 Å². The third-order valence-electron chi connectivity index (χ3n) is 3.07. The molecule has 86 valence electrons. The van der Waals surface area contributed by atoms with Crippen molar-refractivity contribution < 1.29 is 9.90 Å². The van der Waals surface area contributed by atoms with Gasteiger partial charge in [0.15, 0.2) is 0 Å². The average Bonchev–Trinajstić information content (AvgIpc) is 2.62. The Morgan fingerprint density at radius 3 is 2.94 bits per heavy atom. The molecule has 0 radical (unpaired) electrons. The number of hydrogen-bond acceptors (Lipinski definition) is 4. The number of carboxylic acids is 1. The van der Waals surface area contributed by atoms with Crippen LogP contribution in [0.2, 0.25) is 0 Å². The first-order chi connectivity index (χ1) is 7.51. The Kier molecular flexibility index (Phi) is 2.53. The molecular formula is C11H15N3O2. The molecule has 0 saturated carbocycles. The minimum absolute atomic E-state index is 0.513. The second-order valence-corrected chi connectivity index (χ2v) is 4.50. The van der Waals surface area contributed by atoms with Crippen molar-refractivity contribution in [3.8, 4) is 0 Å². The fourth-order valence-corrected chi connectivity index (χ4v) is 1.95. The van der Waals surface area contributed by atoms with E-state index >= 15 is 0 Å². The largest absolute Gasteiger partial charge is 0.481 e. The first kappa shape index (κ1) is 10.9. The molecule has 1 saturated heterocycles. The van der Waals surface area contributed by atoms with Crippen molar-refractivity contribution in [1.82, 2.24) is 9.97 Å². The van der Waals surface area contributed by atoms with Crippen molar-refractivity contribution in [2.24, 2.45) is 5.41 Å². The van der Waals surface area contributed by atoms with Gasteiger partial charge in [0, 0.05) is 19.3 Å². The standard InChI is InChI=1S/C11H15N3O2/c1-8-12-5-3-9(13-8)14-6-4-11(2,7-14)10(15)16/h3,5H,4,6-7H2,1-2H3,(H,15,16). The average molecular weight is 221 g/mol. The van der Waals surface area contributed by atoms with Crippen LogP contribution in [-0.4, -0.2) is 34.1 Å². The van der Waals surface area contributed by atoms with Gasteiger partial charge in [-0.2, -0.15) is 0 Å². The number of aryl methyl sites for hydroxylation is 1. The summed E-state index contributed by atoms with van der Waals surface area (Å²) in [4.78, 5) is 21.4. The van der Waals surface area contributed by atoms with Crippen LogP contribution in [0.15, 0.2) is 12.3 Å². The molecule has 0 aliphatic carbocycles. The fraction of sp³-hybridized carbons (Fsp3) is 0.545. The predicted octanol–water partition coefficient (Wildman–Crippen LogP) is 1.09. The van der Waals surface area contributed by atoms with Crippen LogP contribution in [0.4, 0.5) is 5.82 Å². The summed E-state index contributed by atoms with van der Waals surface area (Å²) in [6.45, 7) is 4.86. The number of carbonyl (C=O) groups is 1. The molecule has 1 N–H and O–H groups in total. The molecule has 0 aromatic carbocycles. The van der Waals surface area contributed by atoms with Gasteiger partial charge >= 0.3 is 5.97 Å². The highest BCUT2D eigenvalue weighted by Crippen LogP contribution is 2.32. The van der Waals surface area contributed by atoms with Gasteiger partial charge in [-0.25, -0.2) is 9.97 Å². The first-order valence-electron chi connectivity index (χ1n) is 5.29. The Hall–Kier alpha value is -1.65. The third kappa shape index (κ3) is 1.85. The van der Waals surface area contributed by atoms with Gasteiger partial charge in [0.05, 0.1) is 5.41 Å². The molecule has 0 spiro atoms. The van der Waals surface area contributed by atoms with Gasteiger partial charge in [-0.3, -0.25) is 4.79 Å². The Morgan fingerprint density at radius 1 is 1.62 bits per heavy atom. The van der Waals surface area contributed by atoms with Crippen LogP contribution in [0, 0.1) is 12.3 Å². The second kappa shape index (κ2) is 3.73. The monoisotopic (exact) mass is 221 g/mol. The van der Waals surface area contributed by atoms with Crippen molar-refractivity contribution in [3.63, 3.8) is 0 Å². The lowest BCUT2D eigenvalue weighted by Crippen LogP contribution is -2.32. The lowest BCUT2D eigenvalue weighted by Gasteiger charge is -2.20. The number of aliphatic carboxylic acids is 1. The minimum Gasteiger partial charge on any atom is -0.481 e. The van der Waals surface area contributed by atoms with Crippen LogP contribution in [0.3, 0.4) is 0 Å². The van der Waals surface area contributed by atoms with Gasteiger partial charge in [-0.15, -0.1) is 0 Å². The maximum absolute atomic E-state index is 11.1. The van der Waals surface area contributed by atoms with Gasteiger partial charge in [0.1, 0.15) is 11.6 Å². The summed E-state index contributed by atoms with van der Waals surface area (Å²) in [5.41, 5.74) is -0.654. The SMILES string of the molecule is Cc1nccc(N2CCC(C)(C(=O)O)C2)n1. The smallest absolute Gasteiger partial charge is 0.311 e. The Balaban J connectivity index is 2.18. The molecule has 5 nitrogen and oxygen atoms in total. The predicted molar refractivity (Wildman–Crippen MR) is 59.3 cm³/mol. The second-order valence-electron chi connectivity index (χ2n) is 4.50. The minimum atomic E-state index is -0.735. The molecule has 1 aliphatic rings. The van der Waals surface area contributed by atoms with Gasteiger partial charge < -0.3 is 10.0 Å². The summed E-state index contributed by atoms with van der Waals surface area (Å²) >= 11 is 0. The molecule has 1 aliphatic heterocycles. The summed E-state index contributed by atoms with van der Waals surface area (Å²) in [5.74, 6) is 0.791. The maximum Gasteiger partial charge on any atom is 0.311 e. The van der Waals surface area contributed by atoms with Crippen LogP contribution in [0.1, 0.15) is 19.2 Å². The topological polar surface area (TPSA) is 66.3 Å². The number of anilines is 1. The molecule has 2 rings (SSSR count). The van der Waals surface area contributed by atoms with Crippen LogP contribution >= 0.6 is 0 Å². The van der Waals surface area contributed by atoms with Crippen LogP contribution in [0.25, 0.3) is 0 Å². The van der Waals surface area contributed by atoms with Gasteiger partial charge in [0.25, 0.3) is 0 Å². The normalized spacial score (nSPS) is 24.8. The number of nitrogens with zero attached hydrogens (tertiary/aromatic N) is 3. The fourth-order valence-electron chi connectivity index (χ4n) is 1.95. The molecule has 1 aromatic rings. The summed E-state index contributed by atoms with van der Waals surface area (Å²) in [5, 5.41) is 9.13. The highest BCUT2D eigenvalue weighted by molar-refractivity contribution is 5.76. The van der Waals surface area contributed by atoms with Gasteiger partial charge in [-0.05, 0) is 26.3 Å². The molecule has 5 heteroatoms. The molecule has 16 heavy (non-hydrogen) atoms. The highest BCUT2D eigenvalue weighted by Gasteiger charge is 2.40. The van der Waals surface area contributed by atoms with E-state index in [0.717, 1.165) is 12.4 Å². The Labute approximate surface area is 94.1 Å². The number of carboxylic acid groups (broad SMARTS) is 1. The molecule has 2 heterocycles. The number of hydrogen-bond donors (Lipinski definition) is 1. The van der Waals surface area contributed by atoms with E-state index in [1.165, 1.54) is 0 Å². The zero-order valence-corrected chi connectivity index (χ0v) is 9.47. The molecular weight excluding hydrogens is 206 g/mol.